The molecule has 0 aromatic carbocycles. The third-order valence-corrected chi connectivity index (χ3v) is 16.0. The molecule has 0 spiro atoms. The maximum absolute atomic E-state index is 14.8. The Kier molecular flexibility index (Phi) is 46.0. The van der Waals surface area contributed by atoms with Crippen molar-refractivity contribution in [2.75, 3.05) is 152 Å². The van der Waals surface area contributed by atoms with Gasteiger partial charge in [-0.05, 0) is 48.0 Å². The molecule has 0 saturated carbocycles. The van der Waals surface area contributed by atoms with Gasteiger partial charge in [0.2, 0.25) is 0 Å². The molecule has 0 aromatic heterocycles. The molecule has 0 rings (SSSR count). The number of ether oxygens (including phenoxy) is 15. The van der Waals surface area contributed by atoms with E-state index in [1.165, 1.54) is 34.8 Å². The quantitative estimate of drug-likeness (QED) is 0.0240. The van der Waals surface area contributed by atoms with E-state index in [4.69, 9.17) is 71.1 Å². The summed E-state index contributed by atoms with van der Waals surface area (Å²) in [5.74, 6) is -12.9. The second-order valence-electron chi connectivity index (χ2n) is 24.2. The summed E-state index contributed by atoms with van der Waals surface area (Å²) >= 11 is 32.3. The third-order valence-electron chi connectivity index (χ3n) is 14.2. The molecule has 0 aromatic rings. The number of carbonyl (C=O) groups excluding carboxylic acids is 14. The van der Waals surface area contributed by atoms with Gasteiger partial charge in [0, 0.05) is 53.1 Å². The number of carbonyl (C=O) groups is 14. The van der Waals surface area contributed by atoms with Gasteiger partial charge in [0.15, 0.2) is 0 Å². The van der Waals surface area contributed by atoms with Crippen LogP contribution in [0.3, 0.4) is 0 Å². The molecule has 0 radical (unpaired) electrons. The fourth-order valence-corrected chi connectivity index (χ4v) is 8.76. The molecular formula is C61H96O29S8. The number of thiol groups is 8. The largest absolute Gasteiger partial charge is 0.464 e. The summed E-state index contributed by atoms with van der Waals surface area (Å²) in [6.07, 6.45) is -1.45. The van der Waals surface area contributed by atoms with Gasteiger partial charge >= 0.3 is 83.6 Å². The second kappa shape index (κ2) is 48.3. The zero-order valence-electron chi connectivity index (χ0n) is 56.5. The molecule has 0 atom stereocenters. The van der Waals surface area contributed by atoms with Crippen molar-refractivity contribution in [2.24, 2.45) is 37.9 Å². The molecule has 0 bridgehead atoms. The minimum atomic E-state index is -2.24. The lowest BCUT2D eigenvalue weighted by atomic mass is 9.86. The van der Waals surface area contributed by atoms with E-state index in [9.17, 15) is 67.1 Å². The molecule has 98 heavy (non-hydrogen) atoms. The molecule has 29 nitrogen and oxygen atoms in total. The van der Waals surface area contributed by atoms with Crippen LogP contribution in [0.4, 0.5) is 0 Å². The van der Waals surface area contributed by atoms with E-state index in [0.717, 1.165) is 13.8 Å². The highest BCUT2D eigenvalue weighted by Gasteiger charge is 2.49. The molecule has 0 aliphatic rings. The van der Waals surface area contributed by atoms with Gasteiger partial charge < -0.3 is 71.1 Å². The van der Waals surface area contributed by atoms with E-state index in [1.807, 2.05) is 0 Å². The van der Waals surface area contributed by atoms with Crippen LogP contribution in [-0.2, 0) is 138 Å². The van der Waals surface area contributed by atoms with Gasteiger partial charge in [-0.3, -0.25) is 67.1 Å². The number of rotatable bonds is 53. The van der Waals surface area contributed by atoms with Crippen LogP contribution >= 0.6 is 101 Å². The average molecular weight is 1550 g/mol. The normalized spacial score (nSPS) is 12.0. The van der Waals surface area contributed by atoms with E-state index in [1.54, 1.807) is 6.92 Å². The second-order valence-corrected chi connectivity index (χ2v) is 27.8. The highest BCUT2D eigenvalue weighted by Crippen LogP contribution is 2.33. The van der Waals surface area contributed by atoms with Crippen LogP contribution < -0.4 is 0 Å². The van der Waals surface area contributed by atoms with Crippen molar-refractivity contribution in [3.8, 4) is 0 Å². The third kappa shape index (κ3) is 34.8. The Morgan fingerprint density at radius 3 is 0.480 bits per heavy atom. The lowest BCUT2D eigenvalue weighted by Crippen LogP contribution is -2.48. The summed E-state index contributed by atoms with van der Waals surface area (Å²) in [5.41, 5.74) is -13.8. The standard InChI is InChI=1S/C61H96O29S8/c1-9-61(38-76-8,39-89-53(74)59(6,34-85-49(70)55(2,26-77-41(62)10-18-91)27-78-42(63)11-19-92)35-86-50(71)56(3,28-79-43(64)12-20-93)29-80-44(65)13-21-94)40-90-54(75)60(7,36-87-51(72)57(4,30-81-45(66)14-22-95)31-82-46(67)15-23-96)37-88-52(73)58(5,32-83-47(68)16-24-97)33-84-48(69)17-25-98/h91-98H,9-40H2,1-8H3. The van der Waals surface area contributed by atoms with Crippen molar-refractivity contribution in [2.45, 2.75) is 106 Å². The molecule has 562 valence electrons. The first-order valence-corrected chi connectivity index (χ1v) is 35.7. The van der Waals surface area contributed by atoms with Crippen LogP contribution in [0.15, 0.2) is 0 Å². The van der Waals surface area contributed by atoms with Crippen LogP contribution in [0, 0.1) is 37.9 Å². The smallest absolute Gasteiger partial charge is 0.318 e. The number of esters is 14. The van der Waals surface area contributed by atoms with Crippen molar-refractivity contribution >= 4 is 185 Å². The molecular weight excluding hydrogens is 1450 g/mol. The van der Waals surface area contributed by atoms with E-state index in [0.29, 0.717) is 0 Å². The van der Waals surface area contributed by atoms with Gasteiger partial charge in [-0.25, -0.2) is 0 Å². The topological polar surface area (TPSA) is 377 Å². The van der Waals surface area contributed by atoms with Gasteiger partial charge in [-0.15, -0.1) is 0 Å². The highest BCUT2D eigenvalue weighted by atomic mass is 32.1. The van der Waals surface area contributed by atoms with Gasteiger partial charge in [-0.2, -0.15) is 101 Å². The molecule has 0 N–H and O–H groups in total. The predicted molar refractivity (Wildman–Crippen MR) is 374 cm³/mol. The minimum Gasteiger partial charge on any atom is -0.464 e. The Labute approximate surface area is 615 Å². The molecule has 0 heterocycles. The van der Waals surface area contributed by atoms with Gasteiger partial charge in [0.1, 0.15) is 125 Å². The zero-order chi connectivity index (χ0) is 74.8. The van der Waals surface area contributed by atoms with Crippen LogP contribution in [0.2, 0.25) is 0 Å². The lowest BCUT2D eigenvalue weighted by Gasteiger charge is -2.36. The monoisotopic (exact) mass is 1550 g/mol. The molecule has 0 aliphatic heterocycles. The van der Waals surface area contributed by atoms with Crippen LogP contribution in [0.5, 0.6) is 0 Å². The van der Waals surface area contributed by atoms with Crippen molar-refractivity contribution in [3.63, 3.8) is 0 Å². The Bertz CT molecular complexity index is 2230. The van der Waals surface area contributed by atoms with Crippen molar-refractivity contribution in [1.29, 1.82) is 0 Å². The van der Waals surface area contributed by atoms with E-state index >= 15 is 0 Å². The molecule has 0 fully saturated rings. The average Bonchev–Trinajstić information content (AvgIpc) is 0.822. The summed E-state index contributed by atoms with van der Waals surface area (Å²) in [7, 11) is 1.26. The summed E-state index contributed by atoms with van der Waals surface area (Å²) in [6, 6.07) is 0. The Balaban J connectivity index is 7.91. The van der Waals surface area contributed by atoms with Crippen molar-refractivity contribution in [1.82, 2.24) is 0 Å². The first-order valence-electron chi connectivity index (χ1n) is 30.7. The van der Waals surface area contributed by atoms with Crippen LogP contribution in [-0.4, -0.2) is 236 Å². The maximum atomic E-state index is 14.8. The molecule has 0 aliphatic carbocycles. The SMILES string of the molecule is CCC(COC)(COC(=O)C(C)(COC(=O)C(C)(COC(=O)CCS)COC(=O)CCS)COC(=O)C(C)(COC(=O)CCS)COC(=O)CCS)COC(=O)C(C)(COC(=O)C(C)(COC(=O)CCS)COC(=O)CCS)COC(=O)C(C)(COC(=O)CCS)COC(=O)CCS. The summed E-state index contributed by atoms with van der Waals surface area (Å²) in [4.78, 5) is 187. The van der Waals surface area contributed by atoms with Gasteiger partial charge in [0.25, 0.3) is 0 Å². The van der Waals surface area contributed by atoms with Crippen LogP contribution in [0.1, 0.15) is 106 Å². The lowest BCUT2D eigenvalue weighted by molar-refractivity contribution is -0.185. The number of methoxy groups -OCH3 is 1. The fourth-order valence-electron chi connectivity index (χ4n) is 7.30. The maximum Gasteiger partial charge on any atom is 0.318 e. The van der Waals surface area contributed by atoms with E-state index < -0.39 is 214 Å². The van der Waals surface area contributed by atoms with E-state index in [-0.39, 0.29) is 110 Å². The summed E-state index contributed by atoms with van der Waals surface area (Å²) < 4.78 is 82.8. The molecule has 0 amide bonds. The molecule has 0 saturated heterocycles. The van der Waals surface area contributed by atoms with Gasteiger partial charge in [-0.1, -0.05) is 6.92 Å². The minimum absolute atomic E-state index is 0.0400. The van der Waals surface area contributed by atoms with Crippen molar-refractivity contribution < 1.29 is 138 Å². The zero-order valence-corrected chi connectivity index (χ0v) is 63.7. The predicted octanol–water partition coefficient (Wildman–Crippen LogP) is 4.23. The van der Waals surface area contributed by atoms with Crippen LogP contribution in [0.25, 0.3) is 0 Å². The summed E-state index contributed by atoms with van der Waals surface area (Å²) in [5, 5.41) is 0. The highest BCUT2D eigenvalue weighted by molar-refractivity contribution is 7.81. The first-order chi connectivity index (χ1) is 46.0. The molecule has 0 unspecified atom stereocenters. The number of hydrogen-bond acceptors (Lipinski definition) is 37. The summed E-state index contributed by atoms with van der Waals surface area (Å²) in [6.45, 7) is -2.55. The van der Waals surface area contributed by atoms with Crippen molar-refractivity contribution in [3.05, 3.63) is 0 Å². The van der Waals surface area contributed by atoms with E-state index in [2.05, 4.69) is 101 Å². The van der Waals surface area contributed by atoms with Gasteiger partial charge in [0.05, 0.1) is 63.4 Å². The fraction of sp³-hybridized carbons (Fsp3) is 0.770. The Hall–Kier alpha value is -4.66. The number of hydrogen-bond donors (Lipinski definition) is 8. The Morgan fingerprint density at radius 2 is 0.357 bits per heavy atom. The molecule has 37 heteroatoms. The Morgan fingerprint density at radius 1 is 0.224 bits per heavy atom. The first kappa shape index (κ1) is 93.3.